The van der Waals surface area contributed by atoms with E-state index >= 15 is 0 Å². The summed E-state index contributed by atoms with van der Waals surface area (Å²) in [6.45, 7) is 12.9. The Morgan fingerprint density at radius 1 is 1.27 bits per heavy atom. The summed E-state index contributed by atoms with van der Waals surface area (Å²) in [4.78, 5) is 23.2. The van der Waals surface area contributed by atoms with Crippen LogP contribution in [-0.4, -0.2) is 30.1 Å². The minimum Gasteiger partial charge on any atom is -0.496 e. The molecule has 1 unspecified atom stereocenters. The summed E-state index contributed by atoms with van der Waals surface area (Å²) in [7, 11) is 1.69. The van der Waals surface area contributed by atoms with Gasteiger partial charge in [0.1, 0.15) is 5.75 Å². The summed E-state index contributed by atoms with van der Waals surface area (Å²) in [5, 5.41) is 5.66. The molecule has 30 heavy (non-hydrogen) atoms. The SMILES string of the molecule is C=C(CCCCC(=O)NCC)CCc1c(CC2SC(=O)NC2=C)ccc(OC)c1C. The summed E-state index contributed by atoms with van der Waals surface area (Å²) in [5.41, 5.74) is 5.63. The van der Waals surface area contributed by atoms with E-state index in [4.69, 9.17) is 4.74 Å². The van der Waals surface area contributed by atoms with E-state index in [2.05, 4.69) is 36.8 Å². The quantitative estimate of drug-likeness (QED) is 0.359. The number of hydrogen-bond donors (Lipinski definition) is 2. The Labute approximate surface area is 184 Å². The lowest BCUT2D eigenvalue weighted by molar-refractivity contribution is -0.121. The average molecular weight is 431 g/mol. The second-order valence-corrected chi connectivity index (χ2v) is 8.86. The molecule has 0 bridgehead atoms. The van der Waals surface area contributed by atoms with Crippen LogP contribution in [0.3, 0.4) is 0 Å². The molecule has 0 aliphatic carbocycles. The van der Waals surface area contributed by atoms with Gasteiger partial charge in [-0.15, -0.1) is 0 Å². The van der Waals surface area contributed by atoms with Gasteiger partial charge >= 0.3 is 0 Å². The molecule has 0 radical (unpaired) electrons. The third-order valence-electron chi connectivity index (χ3n) is 5.46. The van der Waals surface area contributed by atoms with Gasteiger partial charge in [0.15, 0.2) is 0 Å². The van der Waals surface area contributed by atoms with E-state index in [0.29, 0.717) is 13.0 Å². The maximum Gasteiger partial charge on any atom is 0.283 e. The smallest absolute Gasteiger partial charge is 0.283 e. The summed E-state index contributed by atoms with van der Waals surface area (Å²) >= 11 is 1.31. The van der Waals surface area contributed by atoms with Crippen molar-refractivity contribution in [3.8, 4) is 5.75 Å². The summed E-state index contributed by atoms with van der Waals surface area (Å²) < 4.78 is 5.53. The molecule has 0 spiro atoms. The van der Waals surface area contributed by atoms with Crippen LogP contribution >= 0.6 is 11.8 Å². The molecule has 1 saturated heterocycles. The number of benzene rings is 1. The van der Waals surface area contributed by atoms with Crippen LogP contribution in [0.1, 0.15) is 55.7 Å². The normalized spacial score (nSPS) is 15.8. The van der Waals surface area contributed by atoms with Gasteiger partial charge in [-0.2, -0.15) is 0 Å². The Bertz CT molecular complexity index is 804. The van der Waals surface area contributed by atoms with E-state index < -0.39 is 0 Å². The highest BCUT2D eigenvalue weighted by atomic mass is 32.2. The molecular formula is C24H34N2O3S. The molecule has 2 rings (SSSR count). The highest BCUT2D eigenvalue weighted by Crippen LogP contribution is 2.33. The molecule has 5 nitrogen and oxygen atoms in total. The molecule has 1 fully saturated rings. The maximum absolute atomic E-state index is 11.7. The lowest BCUT2D eigenvalue weighted by atomic mass is 9.91. The number of thioether (sulfide) groups is 1. The standard InChI is InChI=1S/C24H34N2O3S/c1-6-25-23(27)10-8-7-9-16(2)11-13-20-17(3)21(29-5)14-12-19(20)15-22-18(4)26-24(28)30-22/h12,14,22H,2,4,6-11,13,15H2,1,3,5H3,(H,25,27)(H,26,28). The number of hydrogen-bond acceptors (Lipinski definition) is 4. The van der Waals surface area contributed by atoms with Gasteiger partial charge in [-0.05, 0) is 75.1 Å². The van der Waals surface area contributed by atoms with E-state index in [0.717, 1.165) is 55.5 Å². The van der Waals surface area contributed by atoms with E-state index in [1.807, 2.05) is 13.0 Å². The lowest BCUT2D eigenvalue weighted by Crippen LogP contribution is -2.21. The first-order valence-corrected chi connectivity index (χ1v) is 11.5. The molecule has 2 N–H and O–H groups in total. The van der Waals surface area contributed by atoms with Crippen molar-refractivity contribution in [1.29, 1.82) is 0 Å². The highest BCUT2D eigenvalue weighted by Gasteiger charge is 2.27. The number of methoxy groups -OCH3 is 1. The number of rotatable bonds is 12. The summed E-state index contributed by atoms with van der Waals surface area (Å²) in [6, 6.07) is 4.11. The van der Waals surface area contributed by atoms with Gasteiger partial charge in [0.25, 0.3) is 5.24 Å². The van der Waals surface area contributed by atoms with Crippen molar-refractivity contribution in [3.05, 3.63) is 53.3 Å². The number of unbranched alkanes of at least 4 members (excludes halogenated alkanes) is 1. The van der Waals surface area contributed by atoms with Crippen molar-refractivity contribution in [1.82, 2.24) is 10.6 Å². The van der Waals surface area contributed by atoms with Gasteiger partial charge in [-0.3, -0.25) is 9.59 Å². The van der Waals surface area contributed by atoms with Crippen molar-refractivity contribution in [2.24, 2.45) is 0 Å². The van der Waals surface area contributed by atoms with Crippen LogP contribution in [0.4, 0.5) is 4.79 Å². The van der Waals surface area contributed by atoms with E-state index in [1.54, 1.807) is 7.11 Å². The van der Waals surface area contributed by atoms with Crippen LogP contribution in [-0.2, 0) is 17.6 Å². The summed E-state index contributed by atoms with van der Waals surface area (Å²) in [5.74, 6) is 1.01. The number of carbonyl (C=O) groups excluding carboxylic acids is 2. The fraction of sp³-hybridized carbons (Fsp3) is 0.500. The van der Waals surface area contributed by atoms with Crippen molar-refractivity contribution in [3.63, 3.8) is 0 Å². The second kappa shape index (κ2) is 11.8. The minimum atomic E-state index is -0.0298. The Hall–Kier alpha value is -2.21. The molecule has 2 amide bonds. The van der Waals surface area contributed by atoms with E-state index in [-0.39, 0.29) is 16.4 Å². The first-order valence-electron chi connectivity index (χ1n) is 10.6. The number of amides is 2. The van der Waals surface area contributed by atoms with E-state index in [9.17, 15) is 9.59 Å². The number of ether oxygens (including phenoxy) is 1. The lowest BCUT2D eigenvalue weighted by Gasteiger charge is -2.18. The van der Waals surface area contributed by atoms with Gasteiger partial charge < -0.3 is 15.4 Å². The Morgan fingerprint density at radius 3 is 2.63 bits per heavy atom. The van der Waals surface area contributed by atoms with Crippen molar-refractivity contribution >= 4 is 22.9 Å². The predicted octanol–water partition coefficient (Wildman–Crippen LogP) is 5.07. The monoisotopic (exact) mass is 430 g/mol. The fourth-order valence-corrected chi connectivity index (χ4v) is 4.64. The fourth-order valence-electron chi connectivity index (χ4n) is 3.73. The molecular weight excluding hydrogens is 396 g/mol. The average Bonchev–Trinajstić information content (AvgIpc) is 3.02. The van der Waals surface area contributed by atoms with Crippen LogP contribution in [0.2, 0.25) is 0 Å². The van der Waals surface area contributed by atoms with Crippen LogP contribution in [0.5, 0.6) is 5.75 Å². The molecule has 0 saturated carbocycles. The molecule has 1 aromatic rings. The zero-order valence-electron chi connectivity index (χ0n) is 18.4. The molecule has 1 aliphatic rings. The minimum absolute atomic E-state index is 0.0298. The van der Waals surface area contributed by atoms with Crippen LogP contribution < -0.4 is 15.4 Å². The Balaban J connectivity index is 1.96. The van der Waals surface area contributed by atoms with Gasteiger partial charge in [0.05, 0.1) is 12.4 Å². The number of carbonyl (C=O) groups is 2. The molecule has 0 aromatic heterocycles. The first kappa shape index (κ1) is 24.1. The van der Waals surface area contributed by atoms with Crippen molar-refractivity contribution in [2.75, 3.05) is 13.7 Å². The Kier molecular flexibility index (Phi) is 9.50. The van der Waals surface area contributed by atoms with Gasteiger partial charge in [0, 0.05) is 18.7 Å². The van der Waals surface area contributed by atoms with Crippen molar-refractivity contribution < 1.29 is 14.3 Å². The predicted molar refractivity (Wildman–Crippen MR) is 125 cm³/mol. The molecule has 1 aliphatic heterocycles. The highest BCUT2D eigenvalue weighted by molar-refractivity contribution is 8.14. The third-order valence-corrected chi connectivity index (χ3v) is 6.51. The number of nitrogens with one attached hydrogen (secondary N) is 2. The zero-order valence-corrected chi connectivity index (χ0v) is 19.3. The molecule has 1 aromatic carbocycles. The molecule has 1 atom stereocenters. The van der Waals surface area contributed by atoms with Gasteiger partial charge in [-0.25, -0.2) is 0 Å². The largest absolute Gasteiger partial charge is 0.496 e. The molecule has 1 heterocycles. The second-order valence-electron chi connectivity index (χ2n) is 7.69. The zero-order chi connectivity index (χ0) is 22.1. The molecule has 6 heteroatoms. The van der Waals surface area contributed by atoms with Crippen LogP contribution in [0, 0.1) is 6.92 Å². The topological polar surface area (TPSA) is 67.4 Å². The van der Waals surface area contributed by atoms with Crippen molar-refractivity contribution in [2.45, 2.75) is 64.0 Å². The maximum atomic E-state index is 11.7. The third kappa shape index (κ3) is 6.94. The van der Waals surface area contributed by atoms with Crippen LogP contribution in [0.25, 0.3) is 0 Å². The Morgan fingerprint density at radius 2 is 2.00 bits per heavy atom. The number of allylic oxidation sites excluding steroid dienone is 1. The van der Waals surface area contributed by atoms with Crippen LogP contribution in [0.15, 0.2) is 36.6 Å². The summed E-state index contributed by atoms with van der Waals surface area (Å²) in [6.07, 6.45) is 5.93. The van der Waals surface area contributed by atoms with Gasteiger partial charge in [0.2, 0.25) is 5.91 Å². The first-order chi connectivity index (χ1) is 14.3. The van der Waals surface area contributed by atoms with E-state index in [1.165, 1.54) is 28.5 Å². The van der Waals surface area contributed by atoms with Gasteiger partial charge in [-0.1, -0.05) is 36.6 Å². The molecule has 164 valence electrons.